The van der Waals surface area contributed by atoms with E-state index in [0.717, 1.165) is 0 Å². The molecule has 17 heavy (non-hydrogen) atoms. The Balaban J connectivity index is 3.16. The van der Waals surface area contributed by atoms with Crippen LogP contribution in [0.15, 0.2) is 6.07 Å². The fourth-order valence-electron chi connectivity index (χ4n) is 1.24. The van der Waals surface area contributed by atoms with E-state index in [4.69, 9.17) is 11.6 Å². The van der Waals surface area contributed by atoms with Gasteiger partial charge in [-0.25, -0.2) is 8.78 Å². The van der Waals surface area contributed by atoms with Gasteiger partial charge < -0.3 is 4.74 Å². The first-order valence-corrected chi connectivity index (χ1v) is 6.20. The van der Waals surface area contributed by atoms with Crippen LogP contribution < -0.4 is 0 Å². The third-order valence-electron chi connectivity index (χ3n) is 2.07. The van der Waals surface area contributed by atoms with Crippen molar-refractivity contribution in [3.05, 3.63) is 26.6 Å². The van der Waals surface area contributed by atoms with Gasteiger partial charge in [0.1, 0.15) is 5.69 Å². The molecule has 0 saturated carbocycles. The van der Waals surface area contributed by atoms with Gasteiger partial charge >= 0.3 is 5.97 Å². The van der Waals surface area contributed by atoms with E-state index in [2.05, 4.69) is 9.72 Å². The largest absolute Gasteiger partial charge is 0.469 e. The van der Waals surface area contributed by atoms with Crippen molar-refractivity contribution >= 4 is 40.2 Å². The standard InChI is InChI=1S/C10H9ClF2INO2/c1-17-9(16)2-5-6(14)3-7(10(12)13)15-8(5)4-11/h3,10H,2,4H2,1H3. The van der Waals surface area contributed by atoms with Gasteiger partial charge in [-0.05, 0) is 34.2 Å². The number of halogens is 4. The van der Waals surface area contributed by atoms with Crippen molar-refractivity contribution in [2.24, 2.45) is 0 Å². The molecule has 94 valence electrons. The fourth-order valence-corrected chi connectivity index (χ4v) is 2.28. The number of hydrogen-bond donors (Lipinski definition) is 0. The molecule has 1 aromatic heterocycles. The van der Waals surface area contributed by atoms with Crippen molar-refractivity contribution in [1.29, 1.82) is 0 Å². The molecule has 0 radical (unpaired) electrons. The second-order valence-corrected chi connectivity index (χ2v) is 4.57. The number of pyridine rings is 1. The SMILES string of the molecule is COC(=O)Cc1c(I)cc(C(F)F)nc1CCl. The second kappa shape index (κ2) is 6.44. The summed E-state index contributed by atoms with van der Waals surface area (Å²) in [5, 5.41) is 0. The van der Waals surface area contributed by atoms with Crippen LogP contribution in [0.1, 0.15) is 23.4 Å². The van der Waals surface area contributed by atoms with Crippen LogP contribution in [-0.2, 0) is 21.8 Å². The number of rotatable bonds is 4. The lowest BCUT2D eigenvalue weighted by atomic mass is 10.1. The zero-order valence-electron chi connectivity index (χ0n) is 8.84. The zero-order chi connectivity index (χ0) is 13.0. The number of carbonyl (C=O) groups is 1. The molecule has 1 heterocycles. The first-order valence-electron chi connectivity index (χ1n) is 4.58. The Labute approximate surface area is 116 Å². The second-order valence-electron chi connectivity index (χ2n) is 3.14. The Morgan fingerprint density at radius 3 is 2.76 bits per heavy atom. The summed E-state index contributed by atoms with van der Waals surface area (Å²) < 4.78 is 30.1. The van der Waals surface area contributed by atoms with Crippen LogP contribution in [0, 0.1) is 3.57 Å². The average Bonchev–Trinajstić information content (AvgIpc) is 2.30. The minimum Gasteiger partial charge on any atom is -0.469 e. The molecule has 0 aromatic carbocycles. The van der Waals surface area contributed by atoms with Crippen LogP contribution in [0.2, 0.25) is 0 Å². The number of alkyl halides is 3. The molecule has 0 atom stereocenters. The molecule has 7 heteroatoms. The van der Waals surface area contributed by atoms with Crippen LogP contribution in [0.3, 0.4) is 0 Å². The number of ether oxygens (including phenoxy) is 1. The molecule has 0 N–H and O–H groups in total. The van der Waals surface area contributed by atoms with Gasteiger partial charge in [0.2, 0.25) is 0 Å². The van der Waals surface area contributed by atoms with Crippen molar-refractivity contribution in [2.45, 2.75) is 18.7 Å². The average molecular weight is 376 g/mol. The van der Waals surface area contributed by atoms with Gasteiger partial charge in [-0.2, -0.15) is 0 Å². The topological polar surface area (TPSA) is 39.2 Å². The van der Waals surface area contributed by atoms with Gasteiger partial charge in [-0.3, -0.25) is 9.78 Å². The number of hydrogen-bond acceptors (Lipinski definition) is 3. The highest BCUT2D eigenvalue weighted by atomic mass is 127. The minimum absolute atomic E-state index is 0.0205. The quantitative estimate of drug-likeness (QED) is 0.461. The third kappa shape index (κ3) is 3.74. The molecule has 0 spiro atoms. The van der Waals surface area contributed by atoms with Crippen LogP contribution >= 0.6 is 34.2 Å². The molecule has 0 bridgehead atoms. The summed E-state index contributed by atoms with van der Waals surface area (Å²) in [4.78, 5) is 14.9. The van der Waals surface area contributed by atoms with Gasteiger partial charge in [0.25, 0.3) is 6.43 Å². The summed E-state index contributed by atoms with van der Waals surface area (Å²) in [6, 6.07) is 1.25. The molecule has 0 amide bonds. The van der Waals surface area contributed by atoms with E-state index >= 15 is 0 Å². The van der Waals surface area contributed by atoms with Gasteiger partial charge in [0.05, 0.1) is 25.1 Å². The van der Waals surface area contributed by atoms with Crippen molar-refractivity contribution in [3.8, 4) is 0 Å². The van der Waals surface area contributed by atoms with Crippen molar-refractivity contribution in [1.82, 2.24) is 4.98 Å². The van der Waals surface area contributed by atoms with Crippen LogP contribution in [0.4, 0.5) is 8.78 Å². The lowest BCUT2D eigenvalue weighted by Gasteiger charge is -2.10. The maximum Gasteiger partial charge on any atom is 0.310 e. The summed E-state index contributed by atoms with van der Waals surface area (Å²) in [7, 11) is 1.26. The first kappa shape index (κ1) is 14.6. The lowest BCUT2D eigenvalue weighted by molar-refractivity contribution is -0.139. The minimum atomic E-state index is -2.65. The van der Waals surface area contributed by atoms with Gasteiger partial charge in [0.15, 0.2) is 0 Å². The summed E-state index contributed by atoms with van der Waals surface area (Å²) in [5.41, 5.74) is 0.495. The molecule has 0 unspecified atom stereocenters. The van der Waals surface area contributed by atoms with Gasteiger partial charge in [-0.15, -0.1) is 11.6 Å². The molecule has 0 fully saturated rings. The third-order valence-corrected chi connectivity index (χ3v) is 3.29. The first-order chi connectivity index (χ1) is 7.99. The predicted molar refractivity (Wildman–Crippen MR) is 67.2 cm³/mol. The molecule has 0 aliphatic rings. The van der Waals surface area contributed by atoms with Crippen LogP contribution in [-0.4, -0.2) is 18.1 Å². The van der Waals surface area contributed by atoms with E-state index in [-0.39, 0.29) is 18.0 Å². The Morgan fingerprint density at radius 2 is 2.29 bits per heavy atom. The zero-order valence-corrected chi connectivity index (χ0v) is 11.8. The predicted octanol–water partition coefficient (Wildman–Crippen LogP) is 3.08. The summed E-state index contributed by atoms with van der Waals surface area (Å²) >= 11 is 7.52. The monoisotopic (exact) mass is 375 g/mol. The number of methoxy groups -OCH3 is 1. The highest BCUT2D eigenvalue weighted by molar-refractivity contribution is 14.1. The Hall–Kier alpha value is -0.500. The number of carbonyl (C=O) groups excluding carboxylic acids is 1. The van der Waals surface area contributed by atoms with E-state index in [9.17, 15) is 13.6 Å². The smallest absolute Gasteiger partial charge is 0.310 e. The molecule has 1 aromatic rings. The van der Waals surface area contributed by atoms with E-state index in [1.807, 2.05) is 22.6 Å². The molecule has 0 aliphatic heterocycles. The maximum atomic E-state index is 12.5. The molecule has 0 aliphatic carbocycles. The normalized spacial score (nSPS) is 10.7. The van der Waals surface area contributed by atoms with E-state index < -0.39 is 12.4 Å². The van der Waals surface area contributed by atoms with Gasteiger partial charge in [-0.1, -0.05) is 0 Å². The highest BCUT2D eigenvalue weighted by Gasteiger charge is 2.18. The molecular weight excluding hydrogens is 366 g/mol. The molecule has 1 rings (SSSR count). The van der Waals surface area contributed by atoms with Crippen molar-refractivity contribution in [3.63, 3.8) is 0 Å². The summed E-state index contributed by atoms with van der Waals surface area (Å²) in [5.74, 6) is -0.482. The Morgan fingerprint density at radius 1 is 1.65 bits per heavy atom. The highest BCUT2D eigenvalue weighted by Crippen LogP contribution is 2.24. The fraction of sp³-hybridized carbons (Fsp3) is 0.400. The van der Waals surface area contributed by atoms with Crippen molar-refractivity contribution < 1.29 is 18.3 Å². The van der Waals surface area contributed by atoms with Crippen LogP contribution in [0.25, 0.3) is 0 Å². The Bertz CT molecular complexity index is 429. The summed E-state index contributed by atoms with van der Waals surface area (Å²) in [6.45, 7) is 0. The van der Waals surface area contributed by atoms with Crippen molar-refractivity contribution in [2.75, 3.05) is 7.11 Å². The number of aromatic nitrogens is 1. The lowest BCUT2D eigenvalue weighted by Crippen LogP contribution is -2.11. The molecule has 3 nitrogen and oxygen atoms in total. The number of nitrogens with zero attached hydrogens (tertiary/aromatic N) is 1. The van der Waals surface area contributed by atoms with Gasteiger partial charge in [0, 0.05) is 3.57 Å². The Kier molecular flexibility index (Phi) is 5.51. The maximum absolute atomic E-state index is 12.5. The summed E-state index contributed by atoms with van der Waals surface area (Å²) in [6.07, 6.45) is -2.68. The van der Waals surface area contributed by atoms with E-state index in [1.165, 1.54) is 13.2 Å². The van der Waals surface area contributed by atoms with E-state index in [1.54, 1.807) is 0 Å². The number of esters is 1. The molecule has 0 saturated heterocycles. The van der Waals surface area contributed by atoms with Crippen LogP contribution in [0.5, 0.6) is 0 Å². The van der Waals surface area contributed by atoms with E-state index in [0.29, 0.717) is 14.8 Å². The molecular formula is C10H9ClF2INO2.